The number of phenols is 1. The predicted octanol–water partition coefficient (Wildman–Crippen LogP) is 4.91. The van der Waals surface area contributed by atoms with Gasteiger partial charge in [0.05, 0.1) is 10.0 Å². The molecule has 1 amide bonds. The number of aromatic carboxylic acids is 1. The summed E-state index contributed by atoms with van der Waals surface area (Å²) in [4.78, 5) is 23.2. The molecule has 0 radical (unpaired) electrons. The van der Waals surface area contributed by atoms with E-state index in [1.807, 2.05) is 0 Å². The van der Waals surface area contributed by atoms with Gasteiger partial charge in [-0.2, -0.15) is 0 Å². The molecular weight excluding hydrogens is 381 g/mol. The second-order valence-corrected chi connectivity index (χ2v) is 6.04. The first-order chi connectivity index (χ1) is 12.4. The number of carbonyl (C=O) groups is 2. The van der Waals surface area contributed by atoms with Crippen molar-refractivity contribution in [1.82, 2.24) is 0 Å². The largest absolute Gasteiger partial charge is 0.507 e. The molecule has 26 heavy (non-hydrogen) atoms. The SMILES string of the molecule is O=C(Nc1ccc(C(=O)O)c(O)c1)c1ccc(-c2cccc(Cl)c2Cl)o1. The maximum atomic E-state index is 12.3. The van der Waals surface area contributed by atoms with Gasteiger partial charge < -0.3 is 19.9 Å². The number of hydrogen-bond donors (Lipinski definition) is 3. The van der Waals surface area contributed by atoms with Crippen LogP contribution in [0, 0.1) is 0 Å². The quantitative estimate of drug-likeness (QED) is 0.586. The van der Waals surface area contributed by atoms with Gasteiger partial charge in [0, 0.05) is 17.3 Å². The van der Waals surface area contributed by atoms with Gasteiger partial charge in [-0.1, -0.05) is 29.3 Å². The normalized spacial score (nSPS) is 10.5. The van der Waals surface area contributed by atoms with E-state index in [2.05, 4.69) is 5.32 Å². The molecule has 3 aromatic rings. The standard InChI is InChI=1S/C18H11Cl2NO5/c19-12-3-1-2-11(16(12)20)14-6-7-15(26-14)17(23)21-9-4-5-10(18(24)25)13(22)8-9/h1-8,22H,(H,21,23)(H,24,25). The fourth-order valence-electron chi connectivity index (χ4n) is 2.28. The first kappa shape index (κ1) is 17.8. The van der Waals surface area contributed by atoms with Gasteiger partial charge in [0.1, 0.15) is 17.1 Å². The number of rotatable bonds is 4. The summed E-state index contributed by atoms with van der Waals surface area (Å²) in [6.45, 7) is 0. The van der Waals surface area contributed by atoms with Crippen molar-refractivity contribution in [1.29, 1.82) is 0 Å². The minimum atomic E-state index is -1.27. The summed E-state index contributed by atoms with van der Waals surface area (Å²) in [6, 6.07) is 11.8. The van der Waals surface area contributed by atoms with Gasteiger partial charge in [0.25, 0.3) is 5.91 Å². The fourth-order valence-corrected chi connectivity index (χ4v) is 2.68. The molecule has 0 saturated heterocycles. The van der Waals surface area contributed by atoms with Crippen LogP contribution in [0.25, 0.3) is 11.3 Å². The minimum Gasteiger partial charge on any atom is -0.507 e. The third kappa shape index (κ3) is 3.51. The Kier molecular flexibility index (Phi) is 4.88. The third-order valence-corrected chi connectivity index (χ3v) is 4.35. The smallest absolute Gasteiger partial charge is 0.339 e. The van der Waals surface area contributed by atoms with E-state index in [1.54, 1.807) is 24.3 Å². The highest BCUT2D eigenvalue weighted by molar-refractivity contribution is 6.43. The molecule has 0 unspecified atom stereocenters. The van der Waals surface area contributed by atoms with Gasteiger partial charge in [0.2, 0.25) is 0 Å². The zero-order valence-electron chi connectivity index (χ0n) is 13.0. The lowest BCUT2D eigenvalue weighted by atomic mass is 10.2. The van der Waals surface area contributed by atoms with Crippen LogP contribution in [0.2, 0.25) is 10.0 Å². The Balaban J connectivity index is 1.81. The number of carbonyl (C=O) groups excluding carboxylic acids is 1. The highest BCUT2D eigenvalue weighted by atomic mass is 35.5. The number of halogens is 2. The minimum absolute atomic E-state index is 0.0119. The second-order valence-electron chi connectivity index (χ2n) is 5.26. The number of aromatic hydroxyl groups is 1. The molecule has 0 aliphatic heterocycles. The van der Waals surface area contributed by atoms with Gasteiger partial charge in [0.15, 0.2) is 5.76 Å². The maximum absolute atomic E-state index is 12.3. The Bertz CT molecular complexity index is 1010. The third-order valence-electron chi connectivity index (χ3n) is 3.53. The zero-order valence-corrected chi connectivity index (χ0v) is 14.5. The number of furan rings is 1. The molecule has 0 atom stereocenters. The van der Waals surface area contributed by atoms with Crippen molar-refractivity contribution in [2.24, 2.45) is 0 Å². The number of amides is 1. The number of carboxylic acids is 1. The molecular formula is C18H11Cl2NO5. The maximum Gasteiger partial charge on any atom is 0.339 e. The van der Waals surface area contributed by atoms with Crippen LogP contribution in [0.15, 0.2) is 52.9 Å². The predicted molar refractivity (Wildman–Crippen MR) is 97.2 cm³/mol. The van der Waals surface area contributed by atoms with Crippen LogP contribution >= 0.6 is 23.2 Å². The van der Waals surface area contributed by atoms with Crippen molar-refractivity contribution < 1.29 is 24.2 Å². The van der Waals surface area contributed by atoms with E-state index in [0.29, 0.717) is 21.4 Å². The average Bonchev–Trinajstić information content (AvgIpc) is 3.07. The lowest BCUT2D eigenvalue weighted by Gasteiger charge is -2.06. The Morgan fingerprint density at radius 2 is 1.81 bits per heavy atom. The molecule has 3 N–H and O–H groups in total. The van der Waals surface area contributed by atoms with Gasteiger partial charge in [-0.3, -0.25) is 4.79 Å². The first-order valence-corrected chi connectivity index (χ1v) is 8.04. The fraction of sp³-hybridized carbons (Fsp3) is 0. The van der Waals surface area contributed by atoms with Crippen LogP contribution < -0.4 is 5.32 Å². The summed E-state index contributed by atoms with van der Waals surface area (Å²) in [6.07, 6.45) is 0. The Hall–Kier alpha value is -2.96. The van der Waals surface area contributed by atoms with Crippen LogP contribution in [-0.2, 0) is 0 Å². The molecule has 0 fully saturated rings. The highest BCUT2D eigenvalue weighted by Crippen LogP contribution is 2.34. The molecule has 132 valence electrons. The van der Waals surface area contributed by atoms with E-state index < -0.39 is 17.6 Å². The lowest BCUT2D eigenvalue weighted by molar-refractivity contribution is 0.0693. The summed E-state index contributed by atoms with van der Waals surface area (Å²) in [7, 11) is 0. The number of benzene rings is 2. The van der Waals surface area contributed by atoms with Crippen molar-refractivity contribution in [2.45, 2.75) is 0 Å². The Morgan fingerprint density at radius 3 is 2.50 bits per heavy atom. The van der Waals surface area contributed by atoms with E-state index >= 15 is 0 Å². The van der Waals surface area contributed by atoms with Gasteiger partial charge in [-0.15, -0.1) is 0 Å². The molecule has 1 heterocycles. The molecule has 0 spiro atoms. The van der Waals surface area contributed by atoms with E-state index in [4.69, 9.17) is 32.7 Å². The Labute approximate surface area is 157 Å². The molecule has 1 aromatic heterocycles. The molecule has 0 bridgehead atoms. The molecule has 2 aromatic carbocycles. The van der Waals surface area contributed by atoms with Gasteiger partial charge in [-0.05, 0) is 36.4 Å². The molecule has 0 aliphatic rings. The van der Waals surface area contributed by atoms with Crippen LogP contribution in [-0.4, -0.2) is 22.1 Å². The van der Waals surface area contributed by atoms with Crippen molar-refractivity contribution in [3.8, 4) is 17.1 Å². The van der Waals surface area contributed by atoms with Crippen molar-refractivity contribution in [2.75, 3.05) is 5.32 Å². The van der Waals surface area contributed by atoms with Gasteiger partial charge in [-0.25, -0.2) is 4.79 Å². The number of carboxylic acid groups (broad SMARTS) is 1. The van der Waals surface area contributed by atoms with Crippen molar-refractivity contribution in [3.63, 3.8) is 0 Å². The monoisotopic (exact) mass is 391 g/mol. The summed E-state index contributed by atoms with van der Waals surface area (Å²) in [5.74, 6) is -1.92. The van der Waals surface area contributed by atoms with Crippen molar-refractivity contribution in [3.05, 3.63) is 69.9 Å². The number of nitrogens with one attached hydrogen (secondary N) is 1. The van der Waals surface area contributed by atoms with Crippen LogP contribution in [0.4, 0.5) is 5.69 Å². The molecule has 0 saturated carbocycles. The Morgan fingerprint density at radius 1 is 1.04 bits per heavy atom. The lowest BCUT2D eigenvalue weighted by Crippen LogP contribution is -2.11. The average molecular weight is 392 g/mol. The molecule has 6 nitrogen and oxygen atoms in total. The molecule has 8 heteroatoms. The summed E-state index contributed by atoms with van der Waals surface area (Å²) < 4.78 is 5.52. The first-order valence-electron chi connectivity index (χ1n) is 7.28. The molecule has 0 aliphatic carbocycles. The van der Waals surface area contributed by atoms with E-state index in [-0.39, 0.29) is 17.0 Å². The van der Waals surface area contributed by atoms with Crippen LogP contribution in [0.3, 0.4) is 0 Å². The highest BCUT2D eigenvalue weighted by Gasteiger charge is 2.16. The van der Waals surface area contributed by atoms with Gasteiger partial charge >= 0.3 is 5.97 Å². The van der Waals surface area contributed by atoms with Crippen LogP contribution in [0.1, 0.15) is 20.9 Å². The second kappa shape index (κ2) is 7.11. The van der Waals surface area contributed by atoms with Crippen LogP contribution in [0.5, 0.6) is 5.75 Å². The van der Waals surface area contributed by atoms with E-state index in [0.717, 1.165) is 6.07 Å². The summed E-state index contributed by atoms with van der Waals surface area (Å²) in [5, 5.41) is 21.7. The summed E-state index contributed by atoms with van der Waals surface area (Å²) in [5.41, 5.74) is 0.497. The molecule has 3 rings (SSSR count). The van der Waals surface area contributed by atoms with E-state index in [1.165, 1.54) is 18.2 Å². The number of anilines is 1. The van der Waals surface area contributed by atoms with E-state index in [9.17, 15) is 14.7 Å². The topological polar surface area (TPSA) is 99.8 Å². The van der Waals surface area contributed by atoms with Crippen molar-refractivity contribution >= 4 is 40.8 Å². The summed E-state index contributed by atoms with van der Waals surface area (Å²) >= 11 is 12.1. The number of hydrogen-bond acceptors (Lipinski definition) is 4. The zero-order chi connectivity index (χ0) is 18.8.